The molecule has 1 heterocycles. The molecule has 0 spiro atoms. The van der Waals surface area contributed by atoms with E-state index in [-0.39, 0.29) is 6.04 Å². The number of guanidine groups is 1. The van der Waals surface area contributed by atoms with Crippen molar-refractivity contribution in [2.75, 3.05) is 58.3 Å². The fourth-order valence-corrected chi connectivity index (χ4v) is 3.73. The molecule has 6 nitrogen and oxygen atoms in total. The summed E-state index contributed by atoms with van der Waals surface area (Å²) in [5.74, 6) is 1.31. The van der Waals surface area contributed by atoms with Crippen molar-refractivity contribution in [3.8, 4) is 5.75 Å². The zero-order valence-electron chi connectivity index (χ0n) is 17.8. The fourth-order valence-electron chi connectivity index (χ4n) is 3.73. The zero-order chi connectivity index (χ0) is 20.6. The first-order valence-electron chi connectivity index (χ1n) is 10.4. The van der Waals surface area contributed by atoms with Gasteiger partial charge in [0.25, 0.3) is 0 Å². The van der Waals surface area contributed by atoms with E-state index in [0.717, 1.165) is 44.4 Å². The second-order valence-corrected chi connectivity index (χ2v) is 7.55. The molecule has 29 heavy (non-hydrogen) atoms. The van der Waals surface area contributed by atoms with Gasteiger partial charge in [0.15, 0.2) is 5.96 Å². The molecule has 3 rings (SSSR count). The molecule has 2 N–H and O–H groups in total. The summed E-state index contributed by atoms with van der Waals surface area (Å²) in [6.45, 7) is 7.12. The van der Waals surface area contributed by atoms with E-state index in [1.807, 2.05) is 24.3 Å². The zero-order valence-corrected chi connectivity index (χ0v) is 17.8. The summed E-state index contributed by atoms with van der Waals surface area (Å²) >= 11 is 0. The van der Waals surface area contributed by atoms with Crippen LogP contribution >= 0.6 is 0 Å². The van der Waals surface area contributed by atoms with Crippen LogP contribution in [-0.4, -0.2) is 74.2 Å². The van der Waals surface area contributed by atoms with Crippen molar-refractivity contribution in [3.63, 3.8) is 0 Å². The lowest BCUT2D eigenvalue weighted by molar-refractivity contribution is 0.303. The van der Waals surface area contributed by atoms with Crippen LogP contribution in [0.2, 0.25) is 0 Å². The van der Waals surface area contributed by atoms with Gasteiger partial charge in [-0.15, -0.1) is 0 Å². The summed E-state index contributed by atoms with van der Waals surface area (Å²) in [7, 11) is 4.20. The van der Waals surface area contributed by atoms with E-state index in [2.05, 4.69) is 65.3 Å². The number of benzene rings is 2. The maximum Gasteiger partial charge on any atom is 0.194 e. The highest BCUT2D eigenvalue weighted by Crippen LogP contribution is 2.27. The van der Waals surface area contributed by atoms with Gasteiger partial charge in [-0.05, 0) is 38.7 Å². The van der Waals surface area contributed by atoms with Gasteiger partial charge in [-0.1, -0.05) is 42.5 Å². The molecule has 0 aromatic heterocycles. The monoisotopic (exact) mass is 395 g/mol. The maximum absolute atomic E-state index is 10.1. The smallest absolute Gasteiger partial charge is 0.194 e. The molecule has 0 aliphatic carbocycles. The summed E-state index contributed by atoms with van der Waals surface area (Å²) in [5.41, 5.74) is 2.19. The van der Waals surface area contributed by atoms with E-state index in [1.54, 1.807) is 6.07 Å². The van der Waals surface area contributed by atoms with Crippen LogP contribution in [0.3, 0.4) is 0 Å². The molecule has 1 saturated heterocycles. The Morgan fingerprint density at radius 2 is 1.69 bits per heavy atom. The van der Waals surface area contributed by atoms with Crippen LogP contribution < -0.4 is 10.2 Å². The van der Waals surface area contributed by atoms with Crippen molar-refractivity contribution in [3.05, 3.63) is 60.2 Å². The van der Waals surface area contributed by atoms with Crippen molar-refractivity contribution in [1.82, 2.24) is 15.1 Å². The van der Waals surface area contributed by atoms with Gasteiger partial charge in [0.05, 0.1) is 18.3 Å². The Bertz CT molecular complexity index is 785. The Kier molecular flexibility index (Phi) is 7.36. The number of rotatable bonds is 6. The van der Waals surface area contributed by atoms with Gasteiger partial charge < -0.3 is 25.1 Å². The number of nitrogens with zero attached hydrogens (tertiary/aromatic N) is 4. The van der Waals surface area contributed by atoms with Crippen molar-refractivity contribution >= 4 is 11.6 Å². The molecule has 0 radical (unpaired) electrons. The van der Waals surface area contributed by atoms with Crippen molar-refractivity contribution < 1.29 is 5.11 Å². The summed E-state index contributed by atoms with van der Waals surface area (Å²) in [4.78, 5) is 11.7. The van der Waals surface area contributed by atoms with Gasteiger partial charge in [-0.2, -0.15) is 0 Å². The number of phenols is 1. The summed E-state index contributed by atoms with van der Waals surface area (Å²) < 4.78 is 0. The molecule has 1 aliphatic rings. The number of para-hydroxylation sites is 2. The normalized spacial score (nSPS) is 16.2. The average molecular weight is 396 g/mol. The first-order valence-corrected chi connectivity index (χ1v) is 10.4. The Balaban J connectivity index is 1.67. The van der Waals surface area contributed by atoms with Gasteiger partial charge in [0.1, 0.15) is 5.75 Å². The molecule has 156 valence electrons. The number of phenolic OH excluding ortho intramolecular Hbond substituents is 1. The van der Waals surface area contributed by atoms with E-state index in [9.17, 15) is 5.11 Å². The van der Waals surface area contributed by atoms with Crippen LogP contribution in [0.25, 0.3) is 0 Å². The number of piperazine rings is 1. The predicted octanol–water partition coefficient (Wildman–Crippen LogP) is 2.78. The molecule has 1 fully saturated rings. The highest BCUT2D eigenvalue weighted by Gasteiger charge is 2.22. The highest BCUT2D eigenvalue weighted by molar-refractivity contribution is 5.80. The maximum atomic E-state index is 10.1. The van der Waals surface area contributed by atoms with Crippen LogP contribution in [0.15, 0.2) is 59.6 Å². The number of anilines is 1. The van der Waals surface area contributed by atoms with Crippen LogP contribution in [0.4, 0.5) is 5.69 Å². The second kappa shape index (κ2) is 10.2. The lowest BCUT2D eigenvalue weighted by atomic mass is 10.1. The molecule has 2 aromatic carbocycles. The number of hydrogen-bond acceptors (Lipinski definition) is 4. The van der Waals surface area contributed by atoms with Crippen molar-refractivity contribution in [2.45, 2.75) is 13.0 Å². The van der Waals surface area contributed by atoms with Gasteiger partial charge in [-0.25, -0.2) is 0 Å². The summed E-state index contributed by atoms with van der Waals surface area (Å²) in [6.07, 6.45) is 0. The molecule has 1 aliphatic heterocycles. The van der Waals surface area contributed by atoms with Crippen LogP contribution in [-0.2, 0) is 0 Å². The summed E-state index contributed by atoms with van der Waals surface area (Å²) in [5, 5.41) is 13.6. The number of likely N-dealkylation sites (N-methyl/N-ethyl adjacent to an activating group) is 1. The van der Waals surface area contributed by atoms with E-state index in [0.29, 0.717) is 12.3 Å². The minimum absolute atomic E-state index is 0.243. The Morgan fingerprint density at radius 3 is 2.31 bits per heavy atom. The molecule has 2 aromatic rings. The predicted molar refractivity (Wildman–Crippen MR) is 121 cm³/mol. The van der Waals surface area contributed by atoms with Gasteiger partial charge in [-0.3, -0.25) is 4.99 Å². The summed E-state index contributed by atoms with van der Waals surface area (Å²) in [6, 6.07) is 18.3. The highest BCUT2D eigenvalue weighted by atomic mass is 16.3. The van der Waals surface area contributed by atoms with Crippen molar-refractivity contribution in [2.24, 2.45) is 4.99 Å². The van der Waals surface area contributed by atoms with Crippen LogP contribution in [0, 0.1) is 0 Å². The quantitative estimate of drug-likeness (QED) is 0.582. The Hall–Kier alpha value is -2.73. The Labute approximate surface area is 174 Å². The third-order valence-corrected chi connectivity index (χ3v) is 5.36. The first-order chi connectivity index (χ1) is 14.1. The number of nitrogens with one attached hydrogen (secondary N) is 1. The van der Waals surface area contributed by atoms with Crippen LogP contribution in [0.1, 0.15) is 18.5 Å². The molecular formula is C23H33N5O. The largest absolute Gasteiger partial charge is 0.506 e. The van der Waals surface area contributed by atoms with E-state index >= 15 is 0 Å². The van der Waals surface area contributed by atoms with E-state index in [4.69, 9.17) is 4.99 Å². The SMILES string of the molecule is CCNC(=NCC(c1ccccc1)N(C)C)N1CCN(c2ccccc2O)CC1. The van der Waals surface area contributed by atoms with E-state index in [1.165, 1.54) is 5.56 Å². The van der Waals surface area contributed by atoms with Crippen molar-refractivity contribution in [1.29, 1.82) is 0 Å². The number of aromatic hydroxyl groups is 1. The lowest BCUT2D eigenvalue weighted by Gasteiger charge is -2.38. The molecule has 0 saturated carbocycles. The molecule has 1 atom stereocenters. The van der Waals surface area contributed by atoms with Gasteiger partial charge in [0.2, 0.25) is 0 Å². The minimum atomic E-state index is 0.243. The fraction of sp³-hybridized carbons (Fsp3) is 0.435. The third kappa shape index (κ3) is 5.41. The van der Waals surface area contributed by atoms with Gasteiger partial charge >= 0.3 is 0 Å². The van der Waals surface area contributed by atoms with Crippen LogP contribution in [0.5, 0.6) is 5.75 Å². The molecule has 6 heteroatoms. The lowest BCUT2D eigenvalue weighted by Crippen LogP contribution is -2.52. The molecule has 0 amide bonds. The number of hydrogen-bond donors (Lipinski definition) is 2. The van der Waals surface area contributed by atoms with Gasteiger partial charge in [0, 0.05) is 32.7 Å². The molecular weight excluding hydrogens is 362 g/mol. The third-order valence-electron chi connectivity index (χ3n) is 5.36. The topological polar surface area (TPSA) is 54.3 Å². The standard InChI is InChI=1S/C23H33N5O/c1-4-24-23(25-18-21(26(2)3)19-10-6-5-7-11-19)28-16-14-27(15-17-28)20-12-8-9-13-22(20)29/h5-13,21,29H,4,14-18H2,1-3H3,(H,24,25). The first kappa shape index (κ1) is 21.0. The Morgan fingerprint density at radius 1 is 1.03 bits per heavy atom. The number of aliphatic imine (C=N–C) groups is 1. The average Bonchev–Trinajstić information content (AvgIpc) is 2.74. The molecule has 1 unspecified atom stereocenters. The second-order valence-electron chi connectivity index (χ2n) is 7.55. The van der Waals surface area contributed by atoms with E-state index < -0.39 is 0 Å². The minimum Gasteiger partial charge on any atom is -0.506 e. The molecule has 0 bridgehead atoms.